The molecule has 0 aromatic heterocycles. The SMILES string of the molecule is Cc1ccc(S(=O)(=O)N(CC(=O)N(Cc2ccc(Cl)c(Cl)c2)C(Cc2ccccc2)C(=O)NC2CCCC2)c2ccccc2Cl)cc1. The van der Waals surface area contributed by atoms with E-state index in [-0.39, 0.29) is 40.5 Å². The van der Waals surface area contributed by atoms with Crippen LogP contribution in [0.4, 0.5) is 5.69 Å². The molecule has 5 rings (SSSR count). The van der Waals surface area contributed by atoms with E-state index in [0.717, 1.165) is 41.1 Å². The molecule has 1 unspecified atom stereocenters. The van der Waals surface area contributed by atoms with Crippen molar-refractivity contribution in [2.75, 3.05) is 10.8 Å². The summed E-state index contributed by atoms with van der Waals surface area (Å²) in [5, 5.41) is 3.97. The Morgan fingerprint density at radius 1 is 0.809 bits per heavy atom. The lowest BCUT2D eigenvalue weighted by Gasteiger charge is -2.34. The second kappa shape index (κ2) is 15.6. The van der Waals surface area contributed by atoms with Gasteiger partial charge < -0.3 is 10.2 Å². The maximum atomic E-state index is 14.6. The molecule has 1 saturated carbocycles. The molecular formula is C36H36Cl3N3O4S. The number of benzene rings is 4. The number of para-hydroxylation sites is 1. The molecule has 246 valence electrons. The van der Waals surface area contributed by atoms with Crippen molar-refractivity contribution < 1.29 is 18.0 Å². The summed E-state index contributed by atoms with van der Waals surface area (Å²) in [5.74, 6) is -0.894. The minimum Gasteiger partial charge on any atom is -0.352 e. The molecule has 0 heterocycles. The highest BCUT2D eigenvalue weighted by Crippen LogP contribution is 2.31. The van der Waals surface area contributed by atoms with Gasteiger partial charge in [-0.2, -0.15) is 0 Å². The number of hydrogen-bond acceptors (Lipinski definition) is 4. The van der Waals surface area contributed by atoms with Crippen LogP contribution in [-0.4, -0.2) is 43.8 Å². The average molecular weight is 713 g/mol. The summed E-state index contributed by atoms with van der Waals surface area (Å²) in [4.78, 5) is 30.2. The van der Waals surface area contributed by atoms with Gasteiger partial charge >= 0.3 is 0 Å². The maximum absolute atomic E-state index is 14.6. The Balaban J connectivity index is 1.58. The van der Waals surface area contributed by atoms with E-state index < -0.39 is 28.5 Å². The first-order chi connectivity index (χ1) is 22.5. The van der Waals surface area contributed by atoms with Crippen molar-refractivity contribution in [1.82, 2.24) is 10.2 Å². The van der Waals surface area contributed by atoms with E-state index in [1.165, 1.54) is 17.0 Å². The summed E-state index contributed by atoms with van der Waals surface area (Å²) in [6.07, 6.45) is 3.97. The highest BCUT2D eigenvalue weighted by atomic mass is 35.5. The lowest BCUT2D eigenvalue weighted by atomic mass is 10.0. The van der Waals surface area contributed by atoms with E-state index in [1.807, 2.05) is 37.3 Å². The highest BCUT2D eigenvalue weighted by Gasteiger charge is 2.36. The number of carbonyl (C=O) groups excluding carboxylic acids is 2. The van der Waals surface area contributed by atoms with Gasteiger partial charge in [-0.25, -0.2) is 8.42 Å². The molecule has 1 N–H and O–H groups in total. The van der Waals surface area contributed by atoms with Gasteiger partial charge in [0.2, 0.25) is 11.8 Å². The van der Waals surface area contributed by atoms with E-state index in [9.17, 15) is 18.0 Å². The predicted molar refractivity (Wildman–Crippen MR) is 189 cm³/mol. The molecule has 47 heavy (non-hydrogen) atoms. The van der Waals surface area contributed by atoms with E-state index in [0.29, 0.717) is 15.6 Å². The zero-order valence-corrected chi connectivity index (χ0v) is 29.0. The number of nitrogens with zero attached hydrogens (tertiary/aromatic N) is 2. The van der Waals surface area contributed by atoms with Crippen LogP contribution in [-0.2, 0) is 32.6 Å². The van der Waals surface area contributed by atoms with Crippen molar-refractivity contribution in [1.29, 1.82) is 0 Å². The second-order valence-corrected chi connectivity index (χ2v) is 14.8. The van der Waals surface area contributed by atoms with Crippen LogP contribution in [0.25, 0.3) is 0 Å². The summed E-state index contributed by atoms with van der Waals surface area (Å²) in [7, 11) is -4.27. The standard InChI is InChI=1S/C36H36Cl3N3O4S/c1-25-15-18-29(19-16-25)47(45,46)42(33-14-8-7-13-31(33)38)24-35(43)41(23-27-17-20-30(37)32(39)21-27)34(22-26-9-3-2-4-10-26)36(44)40-28-11-5-6-12-28/h2-4,7-10,13-21,28,34H,5-6,11-12,22-24H2,1H3,(H,40,44). The van der Waals surface area contributed by atoms with Crippen LogP contribution in [0.1, 0.15) is 42.4 Å². The van der Waals surface area contributed by atoms with Gasteiger partial charge in [0.1, 0.15) is 12.6 Å². The van der Waals surface area contributed by atoms with Gasteiger partial charge in [-0.05, 0) is 67.3 Å². The van der Waals surface area contributed by atoms with Gasteiger partial charge in [-0.3, -0.25) is 13.9 Å². The molecule has 7 nitrogen and oxygen atoms in total. The van der Waals surface area contributed by atoms with Crippen LogP contribution in [0.5, 0.6) is 0 Å². The highest BCUT2D eigenvalue weighted by molar-refractivity contribution is 7.92. The molecule has 0 spiro atoms. The Hall–Kier alpha value is -3.56. The molecule has 0 aliphatic heterocycles. The van der Waals surface area contributed by atoms with E-state index in [4.69, 9.17) is 34.8 Å². The number of anilines is 1. The molecule has 1 atom stereocenters. The number of rotatable bonds is 12. The second-order valence-electron chi connectivity index (χ2n) is 11.7. The number of amides is 2. The third-order valence-corrected chi connectivity index (χ3v) is 11.2. The van der Waals surface area contributed by atoms with Crippen molar-refractivity contribution in [2.24, 2.45) is 0 Å². The van der Waals surface area contributed by atoms with Crippen molar-refractivity contribution >= 4 is 62.3 Å². The van der Waals surface area contributed by atoms with Gasteiger partial charge in [-0.1, -0.05) is 114 Å². The molecule has 2 amide bonds. The van der Waals surface area contributed by atoms with Gasteiger partial charge in [0.15, 0.2) is 0 Å². The monoisotopic (exact) mass is 711 g/mol. The minimum absolute atomic E-state index is 0.00393. The maximum Gasteiger partial charge on any atom is 0.264 e. The third kappa shape index (κ3) is 8.68. The average Bonchev–Trinajstić information content (AvgIpc) is 3.57. The smallest absolute Gasteiger partial charge is 0.264 e. The molecule has 1 aliphatic carbocycles. The minimum atomic E-state index is -4.27. The summed E-state index contributed by atoms with van der Waals surface area (Å²) >= 11 is 19.1. The molecular weight excluding hydrogens is 677 g/mol. The van der Waals surface area contributed by atoms with Crippen LogP contribution in [0.3, 0.4) is 0 Å². The molecule has 1 aliphatic rings. The third-order valence-electron chi connectivity index (χ3n) is 8.32. The topological polar surface area (TPSA) is 86.8 Å². The Kier molecular flexibility index (Phi) is 11.5. The van der Waals surface area contributed by atoms with E-state index in [2.05, 4.69) is 5.32 Å². The first-order valence-electron chi connectivity index (χ1n) is 15.4. The van der Waals surface area contributed by atoms with Gasteiger partial charge in [-0.15, -0.1) is 0 Å². The van der Waals surface area contributed by atoms with Crippen LogP contribution < -0.4 is 9.62 Å². The molecule has 0 saturated heterocycles. The predicted octanol–water partition coefficient (Wildman–Crippen LogP) is 7.85. The van der Waals surface area contributed by atoms with Crippen molar-refractivity contribution in [3.05, 3.63) is 129 Å². The summed E-state index contributed by atoms with van der Waals surface area (Å²) in [5.41, 5.74) is 2.51. The summed E-state index contributed by atoms with van der Waals surface area (Å²) in [6.45, 7) is 1.23. The number of sulfonamides is 1. The van der Waals surface area contributed by atoms with E-state index in [1.54, 1.807) is 54.6 Å². The van der Waals surface area contributed by atoms with Gasteiger partial charge in [0.25, 0.3) is 10.0 Å². The molecule has 0 radical (unpaired) electrons. The molecule has 1 fully saturated rings. The summed E-state index contributed by atoms with van der Waals surface area (Å²) in [6, 6.07) is 26.3. The van der Waals surface area contributed by atoms with Gasteiger partial charge in [0, 0.05) is 19.0 Å². The number of carbonyl (C=O) groups is 2. The zero-order valence-electron chi connectivity index (χ0n) is 25.9. The Morgan fingerprint density at radius 2 is 1.47 bits per heavy atom. The number of halogens is 3. The molecule has 0 bridgehead atoms. The largest absolute Gasteiger partial charge is 0.352 e. The van der Waals surface area contributed by atoms with Crippen molar-refractivity contribution in [2.45, 2.75) is 62.6 Å². The number of hydrogen-bond donors (Lipinski definition) is 1. The molecule has 11 heteroatoms. The Bertz CT molecular complexity index is 1820. The van der Waals surface area contributed by atoms with Crippen molar-refractivity contribution in [3.63, 3.8) is 0 Å². The number of aryl methyl sites for hydroxylation is 1. The quantitative estimate of drug-likeness (QED) is 0.162. The number of nitrogens with one attached hydrogen (secondary N) is 1. The Morgan fingerprint density at radius 3 is 2.13 bits per heavy atom. The molecule has 4 aromatic rings. The van der Waals surface area contributed by atoms with Crippen LogP contribution in [0.15, 0.2) is 102 Å². The fourth-order valence-electron chi connectivity index (χ4n) is 5.76. The zero-order chi connectivity index (χ0) is 33.6. The van der Waals surface area contributed by atoms with Crippen LogP contribution in [0.2, 0.25) is 15.1 Å². The fraction of sp³-hybridized carbons (Fsp3) is 0.278. The fourth-order valence-corrected chi connectivity index (χ4v) is 7.80. The first kappa shape index (κ1) is 34.8. The normalized spacial score (nSPS) is 14.0. The van der Waals surface area contributed by atoms with Crippen LogP contribution >= 0.6 is 34.8 Å². The van der Waals surface area contributed by atoms with Crippen LogP contribution in [0, 0.1) is 6.92 Å². The summed E-state index contributed by atoms with van der Waals surface area (Å²) < 4.78 is 29.4. The first-order valence-corrected chi connectivity index (χ1v) is 18.0. The van der Waals surface area contributed by atoms with E-state index >= 15 is 0 Å². The lowest BCUT2D eigenvalue weighted by Crippen LogP contribution is -2.54. The lowest BCUT2D eigenvalue weighted by molar-refractivity contribution is -0.140. The molecule has 4 aromatic carbocycles. The Labute approximate surface area is 291 Å². The van der Waals surface area contributed by atoms with Crippen molar-refractivity contribution in [3.8, 4) is 0 Å². The van der Waals surface area contributed by atoms with Gasteiger partial charge in [0.05, 0.1) is 25.7 Å².